The minimum Gasteiger partial charge on any atom is -0.481 e. The molecule has 0 unspecified atom stereocenters. The van der Waals surface area contributed by atoms with E-state index in [2.05, 4.69) is 5.32 Å². The molecule has 0 bridgehead atoms. The van der Waals surface area contributed by atoms with Crippen molar-refractivity contribution in [3.05, 3.63) is 33.9 Å². The summed E-state index contributed by atoms with van der Waals surface area (Å²) in [6.45, 7) is 2.39. The molecule has 2 N–H and O–H groups in total. The summed E-state index contributed by atoms with van der Waals surface area (Å²) in [6, 6.07) is 4.46. The van der Waals surface area contributed by atoms with E-state index in [0.29, 0.717) is 38.4 Å². The lowest BCUT2D eigenvalue weighted by atomic mass is 9.79. The van der Waals surface area contributed by atoms with Crippen LogP contribution in [0.3, 0.4) is 0 Å². The number of benzene rings is 1. The van der Waals surface area contributed by atoms with Crippen molar-refractivity contribution >= 4 is 23.3 Å². The predicted molar refractivity (Wildman–Crippen MR) is 102 cm³/mol. The fourth-order valence-corrected chi connectivity index (χ4v) is 3.99. The predicted octanol–water partition coefficient (Wildman–Crippen LogP) is 2.05. The quantitative estimate of drug-likeness (QED) is 0.562. The Labute approximate surface area is 162 Å². The van der Waals surface area contributed by atoms with Gasteiger partial charge in [-0.05, 0) is 30.9 Å². The monoisotopic (exact) mass is 391 g/mol. The Hall–Kier alpha value is -2.68. The summed E-state index contributed by atoms with van der Waals surface area (Å²) in [4.78, 5) is 36.8. The smallest absolute Gasteiger partial charge is 0.306 e. The molecule has 9 heteroatoms. The van der Waals surface area contributed by atoms with Crippen LogP contribution in [0.5, 0.6) is 0 Å². The van der Waals surface area contributed by atoms with Crippen molar-refractivity contribution in [1.82, 2.24) is 5.32 Å². The van der Waals surface area contributed by atoms with Gasteiger partial charge in [0, 0.05) is 31.3 Å². The van der Waals surface area contributed by atoms with Crippen molar-refractivity contribution in [1.29, 1.82) is 0 Å². The lowest BCUT2D eigenvalue weighted by Crippen LogP contribution is -2.37. The Morgan fingerprint density at radius 1 is 1.25 bits per heavy atom. The van der Waals surface area contributed by atoms with Gasteiger partial charge in [-0.1, -0.05) is 12.8 Å². The Bertz CT molecular complexity index is 747. The van der Waals surface area contributed by atoms with E-state index in [-0.39, 0.29) is 23.7 Å². The first-order valence-corrected chi connectivity index (χ1v) is 9.59. The molecule has 28 heavy (non-hydrogen) atoms. The van der Waals surface area contributed by atoms with Gasteiger partial charge in [0.15, 0.2) is 0 Å². The number of amides is 1. The number of rotatable bonds is 6. The van der Waals surface area contributed by atoms with Gasteiger partial charge in [0.05, 0.1) is 24.1 Å². The van der Waals surface area contributed by atoms with Crippen LogP contribution in [0, 0.1) is 22.0 Å². The molecular weight excluding hydrogens is 366 g/mol. The summed E-state index contributed by atoms with van der Waals surface area (Å²) in [5.41, 5.74) is 0.560. The Kier molecular flexibility index (Phi) is 6.45. The maximum atomic E-state index is 12.5. The number of nitro groups is 1. The molecule has 1 aliphatic heterocycles. The molecule has 2 fully saturated rings. The van der Waals surface area contributed by atoms with E-state index < -0.39 is 22.7 Å². The second-order valence-electron chi connectivity index (χ2n) is 7.26. The SMILES string of the molecule is O=C(NC[C@@H]1CCCC[C@@H]1C(=O)O)c1ccc(N2CCOCC2)c([N+](=O)[O-])c1. The van der Waals surface area contributed by atoms with E-state index in [1.165, 1.54) is 6.07 Å². The van der Waals surface area contributed by atoms with Crippen LogP contribution in [0.4, 0.5) is 11.4 Å². The molecule has 1 heterocycles. The van der Waals surface area contributed by atoms with Crippen LogP contribution in [0.1, 0.15) is 36.0 Å². The summed E-state index contributed by atoms with van der Waals surface area (Å²) in [6.07, 6.45) is 3.21. The number of morpholine rings is 1. The highest BCUT2D eigenvalue weighted by molar-refractivity contribution is 5.95. The Balaban J connectivity index is 1.70. The van der Waals surface area contributed by atoms with Crippen LogP contribution in [0.15, 0.2) is 18.2 Å². The first kappa shape index (κ1) is 20.1. The summed E-state index contributed by atoms with van der Waals surface area (Å²) in [5.74, 6) is -1.82. The summed E-state index contributed by atoms with van der Waals surface area (Å²) < 4.78 is 5.28. The highest BCUT2D eigenvalue weighted by Crippen LogP contribution is 2.31. The van der Waals surface area contributed by atoms with Gasteiger partial charge in [0.2, 0.25) is 0 Å². The number of carboxylic acid groups (broad SMARTS) is 1. The summed E-state index contributed by atoms with van der Waals surface area (Å²) in [5, 5.41) is 23.6. The van der Waals surface area contributed by atoms with Crippen LogP contribution >= 0.6 is 0 Å². The second kappa shape index (κ2) is 9.01. The average Bonchev–Trinajstić information content (AvgIpc) is 2.72. The molecule has 1 aliphatic carbocycles. The van der Waals surface area contributed by atoms with E-state index in [1.807, 2.05) is 4.90 Å². The number of ether oxygens (including phenoxy) is 1. The molecule has 1 aromatic carbocycles. The van der Waals surface area contributed by atoms with E-state index in [9.17, 15) is 24.8 Å². The number of hydrogen-bond donors (Lipinski definition) is 2. The van der Waals surface area contributed by atoms with Crippen molar-refractivity contribution in [2.24, 2.45) is 11.8 Å². The number of aliphatic carboxylic acids is 1. The fraction of sp³-hybridized carbons (Fsp3) is 0.579. The van der Waals surface area contributed by atoms with Gasteiger partial charge in [-0.15, -0.1) is 0 Å². The summed E-state index contributed by atoms with van der Waals surface area (Å²) in [7, 11) is 0. The molecule has 9 nitrogen and oxygen atoms in total. The largest absolute Gasteiger partial charge is 0.481 e. The van der Waals surface area contributed by atoms with E-state index in [1.54, 1.807) is 12.1 Å². The van der Waals surface area contributed by atoms with E-state index >= 15 is 0 Å². The fourth-order valence-electron chi connectivity index (χ4n) is 3.99. The van der Waals surface area contributed by atoms with Crippen molar-refractivity contribution in [3.8, 4) is 0 Å². The lowest BCUT2D eigenvalue weighted by molar-refractivity contribution is -0.384. The van der Waals surface area contributed by atoms with Crippen LogP contribution in [0.25, 0.3) is 0 Å². The standard InChI is InChI=1S/C19H25N3O6/c23-18(20-12-14-3-1-2-4-15(14)19(24)25)13-5-6-16(17(11-13)22(26)27)21-7-9-28-10-8-21/h5-6,11,14-15H,1-4,7-10,12H2,(H,20,23)(H,24,25)/t14-,15-/m0/s1. The number of carbonyl (C=O) groups is 2. The maximum absolute atomic E-state index is 12.5. The van der Waals surface area contributed by atoms with Crippen molar-refractivity contribution < 1.29 is 24.4 Å². The number of nitrogens with zero attached hydrogens (tertiary/aromatic N) is 2. The van der Waals surface area contributed by atoms with Crippen LogP contribution < -0.4 is 10.2 Å². The third-order valence-electron chi connectivity index (χ3n) is 5.54. The highest BCUT2D eigenvalue weighted by Gasteiger charge is 2.31. The molecule has 1 saturated carbocycles. The van der Waals surface area contributed by atoms with Crippen LogP contribution in [0.2, 0.25) is 0 Å². The Morgan fingerprint density at radius 3 is 2.64 bits per heavy atom. The van der Waals surface area contributed by atoms with Crippen molar-refractivity contribution in [2.45, 2.75) is 25.7 Å². The molecule has 2 atom stereocenters. The number of carbonyl (C=O) groups excluding carboxylic acids is 1. The first-order chi connectivity index (χ1) is 13.5. The van der Waals surface area contributed by atoms with Gasteiger partial charge >= 0.3 is 5.97 Å². The van der Waals surface area contributed by atoms with E-state index in [0.717, 1.165) is 19.3 Å². The van der Waals surface area contributed by atoms with Gasteiger partial charge < -0.3 is 20.1 Å². The third kappa shape index (κ3) is 4.59. The minimum atomic E-state index is -0.829. The minimum absolute atomic E-state index is 0.113. The molecule has 1 aromatic rings. The zero-order valence-electron chi connectivity index (χ0n) is 15.6. The molecule has 0 spiro atoms. The topological polar surface area (TPSA) is 122 Å². The van der Waals surface area contributed by atoms with Crippen molar-refractivity contribution in [2.75, 3.05) is 37.7 Å². The first-order valence-electron chi connectivity index (χ1n) is 9.59. The van der Waals surface area contributed by atoms with Gasteiger partial charge in [-0.3, -0.25) is 19.7 Å². The normalized spacial score (nSPS) is 22.5. The van der Waals surface area contributed by atoms with Gasteiger partial charge in [0.1, 0.15) is 5.69 Å². The zero-order chi connectivity index (χ0) is 20.1. The lowest BCUT2D eigenvalue weighted by Gasteiger charge is -2.29. The second-order valence-corrected chi connectivity index (χ2v) is 7.26. The highest BCUT2D eigenvalue weighted by atomic mass is 16.6. The zero-order valence-corrected chi connectivity index (χ0v) is 15.6. The van der Waals surface area contributed by atoms with E-state index in [4.69, 9.17) is 4.74 Å². The molecular formula is C19H25N3O6. The number of nitrogens with one attached hydrogen (secondary N) is 1. The molecule has 152 valence electrons. The number of nitro benzene ring substituents is 1. The van der Waals surface area contributed by atoms with Crippen molar-refractivity contribution in [3.63, 3.8) is 0 Å². The van der Waals surface area contributed by atoms with Crippen LogP contribution in [-0.2, 0) is 9.53 Å². The average molecular weight is 391 g/mol. The molecule has 1 amide bonds. The van der Waals surface area contributed by atoms with Gasteiger partial charge in [0.25, 0.3) is 11.6 Å². The number of carboxylic acids is 1. The van der Waals surface area contributed by atoms with Crippen LogP contribution in [-0.4, -0.2) is 54.8 Å². The molecule has 2 aliphatic rings. The number of anilines is 1. The number of hydrogen-bond acceptors (Lipinski definition) is 6. The maximum Gasteiger partial charge on any atom is 0.306 e. The molecule has 0 radical (unpaired) electrons. The molecule has 0 aromatic heterocycles. The third-order valence-corrected chi connectivity index (χ3v) is 5.54. The molecule has 3 rings (SSSR count). The molecule has 1 saturated heterocycles. The van der Waals surface area contributed by atoms with Gasteiger partial charge in [-0.25, -0.2) is 0 Å². The summed E-state index contributed by atoms with van der Waals surface area (Å²) >= 11 is 0. The Morgan fingerprint density at radius 2 is 1.96 bits per heavy atom. The van der Waals surface area contributed by atoms with Gasteiger partial charge in [-0.2, -0.15) is 0 Å².